The quantitative estimate of drug-likeness (QED) is 0.357. The normalized spacial score (nSPS) is 15.4. The van der Waals surface area contributed by atoms with Crippen LogP contribution in [0.2, 0.25) is 0 Å². The van der Waals surface area contributed by atoms with Gasteiger partial charge in [-0.15, -0.1) is 0 Å². The summed E-state index contributed by atoms with van der Waals surface area (Å²) < 4.78 is 10.7. The third-order valence-corrected chi connectivity index (χ3v) is 6.93. The smallest absolute Gasteiger partial charge is 0.238 e. The number of amides is 2. The number of aryl methyl sites for hydroxylation is 1. The lowest BCUT2D eigenvalue weighted by atomic mass is 10.1. The fourth-order valence-electron chi connectivity index (χ4n) is 4.94. The first-order chi connectivity index (χ1) is 18.5. The standard InChI is InChI=1S/C30H40N4O4/c1-23(2)21-29(36)34-19-10-6-4-3-5-9-18-33(22-24-13-7-8-14-25(24)34)28(35)17-11-16-27-31-30(32-38-27)26-15-12-20-37-26/h7-8,12-15,20,23H,3-6,9-11,16-19,21-22H2,1-2H3. The number of para-hydroxylation sites is 1. The van der Waals surface area contributed by atoms with Crippen LogP contribution in [0.5, 0.6) is 0 Å². The van der Waals surface area contributed by atoms with Gasteiger partial charge in [0.15, 0.2) is 5.76 Å². The Kier molecular flexibility index (Phi) is 10.1. The third kappa shape index (κ3) is 7.79. The predicted molar refractivity (Wildman–Crippen MR) is 146 cm³/mol. The van der Waals surface area contributed by atoms with Crippen LogP contribution in [0.25, 0.3) is 11.6 Å². The predicted octanol–water partition coefficient (Wildman–Crippen LogP) is 6.41. The molecule has 4 rings (SSSR count). The van der Waals surface area contributed by atoms with Crippen molar-refractivity contribution in [3.8, 4) is 11.6 Å². The molecule has 1 aromatic carbocycles. The van der Waals surface area contributed by atoms with Crippen molar-refractivity contribution in [2.45, 2.75) is 84.6 Å². The van der Waals surface area contributed by atoms with Crippen LogP contribution in [0.3, 0.4) is 0 Å². The summed E-state index contributed by atoms with van der Waals surface area (Å²) in [5.74, 6) is 2.05. The van der Waals surface area contributed by atoms with Gasteiger partial charge >= 0.3 is 0 Å². The van der Waals surface area contributed by atoms with Crippen molar-refractivity contribution in [2.75, 3.05) is 18.0 Å². The Labute approximate surface area is 225 Å². The van der Waals surface area contributed by atoms with Crippen molar-refractivity contribution >= 4 is 17.5 Å². The van der Waals surface area contributed by atoms with Crippen LogP contribution >= 0.6 is 0 Å². The van der Waals surface area contributed by atoms with E-state index in [1.54, 1.807) is 18.4 Å². The maximum Gasteiger partial charge on any atom is 0.238 e. The molecular formula is C30H40N4O4. The van der Waals surface area contributed by atoms with Crippen LogP contribution < -0.4 is 4.90 Å². The molecule has 0 atom stereocenters. The van der Waals surface area contributed by atoms with Gasteiger partial charge < -0.3 is 18.7 Å². The minimum Gasteiger partial charge on any atom is -0.461 e. The van der Waals surface area contributed by atoms with Gasteiger partial charge in [0, 0.05) is 44.6 Å². The first kappa shape index (κ1) is 27.6. The minimum absolute atomic E-state index is 0.112. The third-order valence-electron chi connectivity index (χ3n) is 6.93. The Balaban J connectivity index is 1.44. The van der Waals surface area contributed by atoms with E-state index in [0.29, 0.717) is 55.6 Å². The van der Waals surface area contributed by atoms with E-state index in [0.717, 1.165) is 62.9 Å². The van der Waals surface area contributed by atoms with Crippen molar-refractivity contribution in [3.63, 3.8) is 0 Å². The Morgan fingerprint density at radius 2 is 1.71 bits per heavy atom. The lowest BCUT2D eigenvalue weighted by molar-refractivity contribution is -0.132. The van der Waals surface area contributed by atoms with E-state index < -0.39 is 0 Å². The highest BCUT2D eigenvalue weighted by molar-refractivity contribution is 5.94. The van der Waals surface area contributed by atoms with Gasteiger partial charge in [-0.25, -0.2) is 0 Å². The van der Waals surface area contributed by atoms with Gasteiger partial charge in [0.05, 0.1) is 6.26 Å². The summed E-state index contributed by atoms with van der Waals surface area (Å²) in [5.41, 5.74) is 1.96. The highest BCUT2D eigenvalue weighted by Gasteiger charge is 2.22. The van der Waals surface area contributed by atoms with Crippen LogP contribution in [0.1, 0.15) is 83.1 Å². The van der Waals surface area contributed by atoms with Gasteiger partial charge in [-0.1, -0.05) is 62.9 Å². The van der Waals surface area contributed by atoms with Crippen LogP contribution in [0, 0.1) is 5.92 Å². The summed E-state index contributed by atoms with van der Waals surface area (Å²) in [6.07, 6.45) is 10.2. The van der Waals surface area contributed by atoms with E-state index in [2.05, 4.69) is 30.1 Å². The molecule has 3 heterocycles. The topological polar surface area (TPSA) is 92.7 Å². The Morgan fingerprint density at radius 3 is 2.47 bits per heavy atom. The molecule has 0 saturated heterocycles. The lowest BCUT2D eigenvalue weighted by Gasteiger charge is -2.29. The number of carbonyl (C=O) groups excluding carboxylic acids is 2. The van der Waals surface area contributed by atoms with Crippen molar-refractivity contribution < 1.29 is 18.5 Å². The molecule has 0 aliphatic carbocycles. The van der Waals surface area contributed by atoms with Gasteiger partial charge in [-0.3, -0.25) is 9.59 Å². The second-order valence-electron chi connectivity index (χ2n) is 10.6. The number of hydrogen-bond acceptors (Lipinski definition) is 6. The largest absolute Gasteiger partial charge is 0.461 e. The Hall–Kier alpha value is -3.42. The van der Waals surface area contributed by atoms with Gasteiger partial charge in [-0.05, 0) is 48.9 Å². The van der Waals surface area contributed by atoms with Crippen molar-refractivity contribution in [1.29, 1.82) is 0 Å². The van der Waals surface area contributed by atoms with Gasteiger partial charge in [0.1, 0.15) is 0 Å². The van der Waals surface area contributed by atoms with Gasteiger partial charge in [0.2, 0.25) is 23.5 Å². The molecule has 0 fully saturated rings. The fraction of sp³-hybridized carbons (Fsp3) is 0.533. The zero-order chi connectivity index (χ0) is 26.7. The fourth-order valence-corrected chi connectivity index (χ4v) is 4.94. The van der Waals surface area contributed by atoms with Crippen LogP contribution in [0.4, 0.5) is 5.69 Å². The number of hydrogen-bond donors (Lipinski definition) is 0. The first-order valence-electron chi connectivity index (χ1n) is 14.0. The van der Waals surface area contributed by atoms with E-state index >= 15 is 0 Å². The number of benzene rings is 1. The average Bonchev–Trinajstić information content (AvgIpc) is 3.59. The molecule has 8 nitrogen and oxygen atoms in total. The monoisotopic (exact) mass is 520 g/mol. The van der Waals surface area contributed by atoms with Crippen molar-refractivity contribution in [2.24, 2.45) is 5.92 Å². The van der Waals surface area contributed by atoms with E-state index in [-0.39, 0.29) is 11.8 Å². The van der Waals surface area contributed by atoms with Crippen LogP contribution in [-0.2, 0) is 22.6 Å². The molecule has 38 heavy (non-hydrogen) atoms. The average molecular weight is 521 g/mol. The molecule has 204 valence electrons. The molecule has 2 amide bonds. The minimum atomic E-state index is 0.112. The second-order valence-corrected chi connectivity index (χ2v) is 10.6. The number of carbonyl (C=O) groups is 2. The highest BCUT2D eigenvalue weighted by atomic mass is 16.5. The summed E-state index contributed by atoms with van der Waals surface area (Å²) in [7, 11) is 0. The molecule has 0 spiro atoms. The summed E-state index contributed by atoms with van der Waals surface area (Å²) in [4.78, 5) is 34.9. The molecule has 1 aliphatic heterocycles. The second kappa shape index (κ2) is 13.9. The van der Waals surface area contributed by atoms with Crippen LogP contribution in [0.15, 0.2) is 51.6 Å². The molecule has 1 aliphatic rings. The maximum absolute atomic E-state index is 13.4. The van der Waals surface area contributed by atoms with Crippen LogP contribution in [-0.4, -0.2) is 39.9 Å². The molecular weight excluding hydrogens is 480 g/mol. The SMILES string of the molecule is CC(C)CC(=O)N1CCCCCCCCN(C(=O)CCCc2nc(-c3ccco3)no2)Cc2ccccc21. The van der Waals surface area contributed by atoms with E-state index in [4.69, 9.17) is 8.94 Å². The summed E-state index contributed by atoms with van der Waals surface area (Å²) in [6, 6.07) is 11.6. The molecule has 3 aromatic rings. The summed E-state index contributed by atoms with van der Waals surface area (Å²) >= 11 is 0. The molecule has 0 radical (unpaired) electrons. The number of aromatic nitrogens is 2. The maximum atomic E-state index is 13.4. The Morgan fingerprint density at radius 1 is 0.947 bits per heavy atom. The summed E-state index contributed by atoms with van der Waals surface area (Å²) in [6.45, 7) is 6.11. The molecule has 0 N–H and O–H groups in total. The zero-order valence-electron chi connectivity index (χ0n) is 22.7. The zero-order valence-corrected chi connectivity index (χ0v) is 22.7. The van der Waals surface area contributed by atoms with Crippen molar-refractivity contribution in [3.05, 3.63) is 54.1 Å². The molecule has 8 heteroatoms. The van der Waals surface area contributed by atoms with E-state index in [1.807, 2.05) is 28.0 Å². The highest BCUT2D eigenvalue weighted by Crippen LogP contribution is 2.26. The van der Waals surface area contributed by atoms with Gasteiger partial charge in [0.25, 0.3) is 0 Å². The molecule has 0 unspecified atom stereocenters. The number of anilines is 1. The number of fused-ring (bicyclic) bond motifs is 1. The van der Waals surface area contributed by atoms with E-state index in [9.17, 15) is 9.59 Å². The summed E-state index contributed by atoms with van der Waals surface area (Å²) in [5, 5.41) is 3.97. The van der Waals surface area contributed by atoms with E-state index in [1.165, 1.54) is 0 Å². The molecule has 0 bridgehead atoms. The molecule has 0 saturated carbocycles. The number of furan rings is 1. The Bertz CT molecular complexity index is 1150. The first-order valence-corrected chi connectivity index (χ1v) is 14.0. The van der Waals surface area contributed by atoms with Crippen molar-refractivity contribution in [1.82, 2.24) is 15.0 Å². The van der Waals surface area contributed by atoms with Gasteiger partial charge in [-0.2, -0.15) is 4.98 Å². The molecule has 2 aromatic heterocycles. The number of nitrogens with zero attached hydrogens (tertiary/aromatic N) is 4. The lowest BCUT2D eigenvalue weighted by Crippen LogP contribution is -2.35. The number of rotatable bonds is 7.